The number of hydrogen-bond acceptors (Lipinski definition) is 4. The number of rotatable bonds is 5. The minimum atomic E-state index is 0. The van der Waals surface area contributed by atoms with Gasteiger partial charge in [0.15, 0.2) is 0 Å². The third kappa shape index (κ3) is 4.41. The predicted octanol–water partition coefficient (Wildman–Crippen LogP) is 5.16. The van der Waals surface area contributed by atoms with Crippen LogP contribution in [0.4, 0.5) is 0 Å². The Balaban J connectivity index is 0.00000245. The van der Waals surface area contributed by atoms with E-state index in [1.165, 1.54) is 11.1 Å². The molecule has 5 rings (SSSR count). The standard InChI is InChI=1S/C25H19N5O.Pt/c1-17-6-3-7-18(2)24(17)30-15-22(28-16-30)21-10-5-11-23(29-21)31-20-9-4-8-19(14-20)25-26-12-13-27-25;/h3-13,15-16H,1-2H3;/q-2;+2. The first-order valence-electron chi connectivity index (χ1n) is 9.89. The molecule has 0 fully saturated rings. The van der Waals surface area contributed by atoms with Gasteiger partial charge in [0, 0.05) is 18.0 Å². The SMILES string of the molecule is Cc1cccc(C)c1-n1cnc(-c2cccc(Oc3[c-]c(-c4ncc[n-]4)ccc3)n2)c1.[Pt+2]. The van der Waals surface area contributed by atoms with Gasteiger partial charge in [-0.15, -0.1) is 24.0 Å². The van der Waals surface area contributed by atoms with Crippen LogP contribution in [-0.2, 0) is 21.1 Å². The fraction of sp³-hybridized carbons (Fsp3) is 0.0800. The molecule has 0 aliphatic rings. The number of nitrogens with zero attached hydrogens (tertiary/aromatic N) is 5. The van der Waals surface area contributed by atoms with E-state index < -0.39 is 0 Å². The Morgan fingerprint density at radius 2 is 1.69 bits per heavy atom. The summed E-state index contributed by atoms with van der Waals surface area (Å²) in [7, 11) is 0. The van der Waals surface area contributed by atoms with Crippen LogP contribution in [0.5, 0.6) is 11.6 Å². The molecular formula is C25H19N5OPt. The summed E-state index contributed by atoms with van der Waals surface area (Å²) in [5.74, 6) is 1.63. The van der Waals surface area contributed by atoms with Gasteiger partial charge in [0.25, 0.3) is 0 Å². The molecule has 5 aromatic rings. The van der Waals surface area contributed by atoms with E-state index in [9.17, 15) is 0 Å². The molecule has 32 heavy (non-hydrogen) atoms. The van der Waals surface area contributed by atoms with Crippen LogP contribution in [0.25, 0.3) is 28.5 Å². The second-order valence-corrected chi connectivity index (χ2v) is 7.18. The number of imidazole rings is 2. The average Bonchev–Trinajstić information content (AvgIpc) is 3.47. The van der Waals surface area contributed by atoms with Gasteiger partial charge in [0.2, 0.25) is 5.88 Å². The Hall–Kier alpha value is -3.50. The van der Waals surface area contributed by atoms with Crippen molar-refractivity contribution in [3.05, 3.63) is 96.7 Å². The summed E-state index contributed by atoms with van der Waals surface area (Å²) in [6, 6.07) is 20.7. The summed E-state index contributed by atoms with van der Waals surface area (Å²) in [4.78, 5) is 17.6. The molecule has 0 spiro atoms. The minimum absolute atomic E-state index is 0. The summed E-state index contributed by atoms with van der Waals surface area (Å²) in [5, 5.41) is 0. The molecule has 0 saturated heterocycles. The molecule has 0 aliphatic carbocycles. The van der Waals surface area contributed by atoms with Gasteiger partial charge in [-0.1, -0.05) is 42.7 Å². The maximum Gasteiger partial charge on any atom is 2.00 e. The molecule has 0 unspecified atom stereocenters. The second kappa shape index (κ2) is 9.33. The van der Waals surface area contributed by atoms with Crippen molar-refractivity contribution in [1.29, 1.82) is 0 Å². The van der Waals surface area contributed by atoms with E-state index >= 15 is 0 Å². The van der Waals surface area contributed by atoms with Crippen LogP contribution in [0.2, 0.25) is 0 Å². The monoisotopic (exact) mass is 600 g/mol. The molecule has 160 valence electrons. The number of para-hydroxylation sites is 1. The van der Waals surface area contributed by atoms with Gasteiger partial charge in [-0.25, -0.2) is 9.97 Å². The number of aryl methyl sites for hydroxylation is 2. The molecule has 0 N–H and O–H groups in total. The van der Waals surface area contributed by atoms with Gasteiger partial charge >= 0.3 is 21.1 Å². The third-order valence-corrected chi connectivity index (χ3v) is 4.95. The van der Waals surface area contributed by atoms with Crippen LogP contribution in [0, 0.1) is 19.9 Å². The van der Waals surface area contributed by atoms with Crippen molar-refractivity contribution in [1.82, 2.24) is 24.5 Å². The van der Waals surface area contributed by atoms with Crippen LogP contribution in [0.3, 0.4) is 0 Å². The number of pyridine rings is 1. The van der Waals surface area contributed by atoms with Crippen LogP contribution < -0.4 is 9.72 Å². The van der Waals surface area contributed by atoms with Gasteiger partial charge < -0.3 is 19.3 Å². The van der Waals surface area contributed by atoms with Gasteiger partial charge in [-0.05, 0) is 31.0 Å². The van der Waals surface area contributed by atoms with Crippen molar-refractivity contribution < 1.29 is 25.8 Å². The van der Waals surface area contributed by atoms with Gasteiger partial charge in [-0.2, -0.15) is 5.56 Å². The molecule has 0 radical (unpaired) electrons. The first-order valence-corrected chi connectivity index (χ1v) is 9.89. The molecule has 0 amide bonds. The van der Waals surface area contributed by atoms with Crippen molar-refractivity contribution in [2.45, 2.75) is 13.8 Å². The second-order valence-electron chi connectivity index (χ2n) is 7.18. The minimum Gasteiger partial charge on any atom is -0.490 e. The number of aromatic nitrogens is 5. The number of hydrogen-bond donors (Lipinski definition) is 0. The zero-order chi connectivity index (χ0) is 21.2. The van der Waals surface area contributed by atoms with Crippen LogP contribution in [-0.4, -0.2) is 19.5 Å². The molecule has 0 aliphatic heterocycles. The maximum atomic E-state index is 5.95. The van der Waals surface area contributed by atoms with E-state index in [-0.39, 0.29) is 21.1 Å². The van der Waals surface area contributed by atoms with Gasteiger partial charge in [0.1, 0.15) is 5.69 Å². The predicted molar refractivity (Wildman–Crippen MR) is 118 cm³/mol. The molecule has 3 heterocycles. The first kappa shape index (κ1) is 21.7. The molecule has 0 bridgehead atoms. The Morgan fingerprint density at radius 1 is 0.906 bits per heavy atom. The van der Waals surface area contributed by atoms with Crippen LogP contribution in [0.15, 0.2) is 79.5 Å². The summed E-state index contributed by atoms with van der Waals surface area (Å²) < 4.78 is 7.99. The van der Waals surface area contributed by atoms with E-state index in [2.05, 4.69) is 58.0 Å². The van der Waals surface area contributed by atoms with E-state index in [0.29, 0.717) is 17.5 Å². The van der Waals surface area contributed by atoms with Crippen LogP contribution in [0.1, 0.15) is 11.1 Å². The summed E-state index contributed by atoms with van der Waals surface area (Å²) in [6.45, 7) is 4.19. The van der Waals surface area contributed by atoms with Crippen molar-refractivity contribution in [3.63, 3.8) is 0 Å². The van der Waals surface area contributed by atoms with Crippen molar-refractivity contribution in [3.8, 4) is 40.1 Å². The smallest absolute Gasteiger partial charge is 0.490 e. The fourth-order valence-electron chi connectivity index (χ4n) is 3.54. The van der Waals surface area contributed by atoms with Crippen molar-refractivity contribution in [2.24, 2.45) is 0 Å². The topological polar surface area (TPSA) is 66.9 Å². The van der Waals surface area contributed by atoms with E-state index in [4.69, 9.17) is 4.74 Å². The largest absolute Gasteiger partial charge is 2.00 e. The molecule has 0 saturated carbocycles. The van der Waals surface area contributed by atoms with Crippen molar-refractivity contribution in [2.75, 3.05) is 0 Å². The summed E-state index contributed by atoms with van der Waals surface area (Å²) in [6.07, 6.45) is 7.11. The number of ether oxygens (including phenoxy) is 1. The van der Waals surface area contributed by atoms with Crippen LogP contribution >= 0.6 is 0 Å². The molecule has 3 aromatic heterocycles. The Bertz CT molecular complexity index is 1320. The Morgan fingerprint density at radius 3 is 2.47 bits per heavy atom. The normalized spacial score (nSPS) is 10.6. The zero-order valence-corrected chi connectivity index (χ0v) is 19.7. The summed E-state index contributed by atoms with van der Waals surface area (Å²) >= 11 is 0. The summed E-state index contributed by atoms with van der Waals surface area (Å²) in [5.41, 5.74) is 5.80. The van der Waals surface area contributed by atoms with E-state index in [1.807, 2.05) is 53.5 Å². The number of benzene rings is 2. The molecule has 6 nitrogen and oxygen atoms in total. The molecule has 0 atom stereocenters. The van der Waals surface area contributed by atoms with E-state index in [1.54, 1.807) is 12.4 Å². The zero-order valence-electron chi connectivity index (χ0n) is 17.5. The fourth-order valence-corrected chi connectivity index (χ4v) is 3.54. The quantitative estimate of drug-likeness (QED) is 0.261. The Kier molecular flexibility index (Phi) is 6.33. The average molecular weight is 601 g/mol. The molecular weight excluding hydrogens is 581 g/mol. The maximum absolute atomic E-state index is 5.95. The van der Waals surface area contributed by atoms with E-state index in [0.717, 1.165) is 22.6 Å². The van der Waals surface area contributed by atoms with Gasteiger partial charge in [-0.3, -0.25) is 0 Å². The van der Waals surface area contributed by atoms with Gasteiger partial charge in [0.05, 0.1) is 17.7 Å². The Labute approximate surface area is 200 Å². The third-order valence-electron chi connectivity index (χ3n) is 4.95. The van der Waals surface area contributed by atoms with Crippen molar-refractivity contribution >= 4 is 0 Å². The first-order chi connectivity index (χ1) is 15.2. The molecule has 2 aromatic carbocycles. The molecule has 7 heteroatoms.